The molecule has 2 aromatic rings. The Kier molecular flexibility index (Phi) is 5.63. The molecule has 0 unspecified atom stereocenters. The molecule has 1 saturated heterocycles. The van der Waals surface area contributed by atoms with E-state index < -0.39 is 5.97 Å². The number of nitrogens with zero attached hydrogens (tertiary/aromatic N) is 3. The Morgan fingerprint density at radius 2 is 1.88 bits per heavy atom. The van der Waals surface area contributed by atoms with Crippen molar-refractivity contribution < 1.29 is 14.3 Å². The van der Waals surface area contributed by atoms with Crippen molar-refractivity contribution in [3.05, 3.63) is 65.0 Å². The molecule has 136 valence electrons. The molecule has 1 aliphatic heterocycles. The molecule has 1 fully saturated rings. The molecule has 1 aromatic carbocycles. The van der Waals surface area contributed by atoms with E-state index in [4.69, 9.17) is 0 Å². The third-order valence-corrected chi connectivity index (χ3v) is 4.55. The van der Waals surface area contributed by atoms with E-state index in [-0.39, 0.29) is 5.91 Å². The summed E-state index contributed by atoms with van der Waals surface area (Å²) in [5.41, 5.74) is 3.25. The first kappa shape index (κ1) is 18.1. The zero-order valence-electron chi connectivity index (χ0n) is 15.1. The maximum absolute atomic E-state index is 12.6. The van der Waals surface area contributed by atoms with E-state index in [9.17, 15) is 9.59 Å². The molecule has 0 atom stereocenters. The van der Waals surface area contributed by atoms with E-state index in [2.05, 4.69) is 45.8 Å². The van der Waals surface area contributed by atoms with Gasteiger partial charge in [-0.05, 0) is 24.6 Å². The molecule has 2 heterocycles. The molecule has 0 N–H and O–H groups in total. The molecule has 0 spiro atoms. The minimum Gasteiger partial charge on any atom is -0.465 e. The van der Waals surface area contributed by atoms with Crippen molar-refractivity contribution >= 4 is 11.9 Å². The fourth-order valence-electron chi connectivity index (χ4n) is 3.10. The molecule has 0 bridgehead atoms. The van der Waals surface area contributed by atoms with Crippen LogP contribution in [-0.4, -0.2) is 59.9 Å². The lowest BCUT2D eigenvalue weighted by Crippen LogP contribution is -2.48. The van der Waals surface area contributed by atoms with Crippen LogP contribution in [-0.2, 0) is 11.3 Å². The van der Waals surface area contributed by atoms with Crippen LogP contribution in [0.25, 0.3) is 0 Å². The average molecular weight is 353 g/mol. The van der Waals surface area contributed by atoms with Gasteiger partial charge in [0.15, 0.2) is 0 Å². The molecule has 1 amide bonds. The van der Waals surface area contributed by atoms with Crippen LogP contribution in [0, 0.1) is 6.92 Å². The van der Waals surface area contributed by atoms with Crippen molar-refractivity contribution in [2.24, 2.45) is 0 Å². The molecule has 0 radical (unpaired) electrons. The van der Waals surface area contributed by atoms with Gasteiger partial charge in [-0.15, -0.1) is 0 Å². The number of esters is 1. The fourth-order valence-corrected chi connectivity index (χ4v) is 3.10. The summed E-state index contributed by atoms with van der Waals surface area (Å²) in [4.78, 5) is 32.3. The summed E-state index contributed by atoms with van der Waals surface area (Å²) < 4.78 is 4.64. The van der Waals surface area contributed by atoms with Crippen molar-refractivity contribution in [3.63, 3.8) is 0 Å². The Balaban J connectivity index is 1.55. The number of methoxy groups -OCH3 is 1. The monoisotopic (exact) mass is 353 g/mol. The van der Waals surface area contributed by atoms with Crippen LogP contribution in [0.4, 0.5) is 0 Å². The lowest BCUT2D eigenvalue weighted by molar-refractivity contribution is 0.0593. The summed E-state index contributed by atoms with van der Waals surface area (Å²) in [6, 6.07) is 11.7. The largest absolute Gasteiger partial charge is 0.465 e. The summed E-state index contributed by atoms with van der Waals surface area (Å²) in [5.74, 6) is -0.558. The van der Waals surface area contributed by atoms with Crippen LogP contribution in [0.1, 0.15) is 32.0 Å². The molecular weight excluding hydrogens is 330 g/mol. The number of carbonyl (C=O) groups is 2. The first-order valence-electron chi connectivity index (χ1n) is 8.68. The average Bonchev–Trinajstić information content (AvgIpc) is 2.67. The highest BCUT2D eigenvalue weighted by Gasteiger charge is 2.23. The molecule has 1 aliphatic rings. The van der Waals surface area contributed by atoms with E-state index in [0.29, 0.717) is 24.3 Å². The first-order chi connectivity index (χ1) is 12.6. The van der Waals surface area contributed by atoms with Crippen LogP contribution in [0.3, 0.4) is 0 Å². The number of pyridine rings is 1. The highest BCUT2D eigenvalue weighted by Crippen LogP contribution is 2.12. The van der Waals surface area contributed by atoms with Gasteiger partial charge in [-0.1, -0.05) is 29.8 Å². The van der Waals surface area contributed by atoms with Gasteiger partial charge in [-0.3, -0.25) is 14.7 Å². The first-order valence-corrected chi connectivity index (χ1v) is 8.68. The van der Waals surface area contributed by atoms with E-state index >= 15 is 0 Å². The standard InChI is InChI=1S/C20H23N3O3/c1-15-4-3-5-16(12-15)14-22-8-10-23(11-9-22)19(24)18-7-6-17(13-21-18)20(25)26-2/h3-7,12-13H,8-11,14H2,1-2H3. The summed E-state index contributed by atoms with van der Waals surface area (Å²) in [6.07, 6.45) is 1.38. The number of aromatic nitrogens is 1. The third-order valence-electron chi connectivity index (χ3n) is 4.55. The van der Waals surface area contributed by atoms with Crippen molar-refractivity contribution in [2.45, 2.75) is 13.5 Å². The lowest BCUT2D eigenvalue weighted by Gasteiger charge is -2.34. The van der Waals surface area contributed by atoms with Crippen LogP contribution in [0.15, 0.2) is 42.6 Å². The molecule has 6 heteroatoms. The van der Waals surface area contributed by atoms with Crippen LogP contribution < -0.4 is 0 Å². The fraction of sp³-hybridized carbons (Fsp3) is 0.350. The second kappa shape index (κ2) is 8.10. The van der Waals surface area contributed by atoms with Gasteiger partial charge in [0, 0.05) is 38.9 Å². The number of carbonyl (C=O) groups excluding carboxylic acids is 2. The molecule has 1 aromatic heterocycles. The quantitative estimate of drug-likeness (QED) is 0.788. The highest BCUT2D eigenvalue weighted by atomic mass is 16.5. The van der Waals surface area contributed by atoms with Crippen molar-refractivity contribution in [1.82, 2.24) is 14.8 Å². The maximum atomic E-state index is 12.6. The lowest BCUT2D eigenvalue weighted by atomic mass is 10.1. The molecular formula is C20H23N3O3. The Labute approximate surface area is 153 Å². The molecule has 6 nitrogen and oxygen atoms in total. The topological polar surface area (TPSA) is 62.7 Å². The predicted octanol–water partition coefficient (Wildman–Crippen LogP) is 2.13. The molecule has 0 saturated carbocycles. The SMILES string of the molecule is COC(=O)c1ccc(C(=O)N2CCN(Cc3cccc(C)c3)CC2)nc1. The van der Waals surface area contributed by atoms with Crippen LogP contribution in [0.5, 0.6) is 0 Å². The summed E-state index contributed by atoms with van der Waals surface area (Å²) in [7, 11) is 1.32. The van der Waals surface area contributed by atoms with E-state index in [1.165, 1.54) is 24.4 Å². The van der Waals surface area contributed by atoms with Gasteiger partial charge < -0.3 is 9.64 Å². The second-order valence-corrected chi connectivity index (χ2v) is 6.48. The smallest absolute Gasteiger partial charge is 0.339 e. The van der Waals surface area contributed by atoms with Crippen molar-refractivity contribution in [2.75, 3.05) is 33.3 Å². The molecule has 26 heavy (non-hydrogen) atoms. The van der Waals surface area contributed by atoms with Gasteiger partial charge >= 0.3 is 5.97 Å². The Bertz CT molecular complexity index is 781. The molecule has 0 aliphatic carbocycles. The summed E-state index contributed by atoms with van der Waals surface area (Å²) in [6.45, 7) is 6.00. The normalized spacial score (nSPS) is 14.9. The number of ether oxygens (including phenoxy) is 1. The van der Waals surface area contributed by atoms with Gasteiger partial charge in [0.2, 0.25) is 0 Å². The van der Waals surface area contributed by atoms with Crippen LogP contribution in [0.2, 0.25) is 0 Å². The number of hydrogen-bond donors (Lipinski definition) is 0. The zero-order chi connectivity index (χ0) is 18.5. The number of rotatable bonds is 4. The van der Waals surface area contributed by atoms with Crippen molar-refractivity contribution in [1.29, 1.82) is 0 Å². The van der Waals surface area contributed by atoms with Gasteiger partial charge in [0.25, 0.3) is 5.91 Å². The predicted molar refractivity (Wildman–Crippen MR) is 97.9 cm³/mol. The summed E-state index contributed by atoms with van der Waals surface area (Å²) >= 11 is 0. The van der Waals surface area contributed by atoms with E-state index in [1.807, 2.05) is 4.90 Å². The highest BCUT2D eigenvalue weighted by molar-refractivity contribution is 5.94. The van der Waals surface area contributed by atoms with E-state index in [0.717, 1.165) is 19.6 Å². The van der Waals surface area contributed by atoms with Crippen LogP contribution >= 0.6 is 0 Å². The number of benzene rings is 1. The molecule has 3 rings (SSSR count). The van der Waals surface area contributed by atoms with Gasteiger partial charge in [-0.25, -0.2) is 4.79 Å². The Hall–Kier alpha value is -2.73. The third kappa shape index (κ3) is 4.26. The summed E-state index contributed by atoms with van der Waals surface area (Å²) in [5, 5.41) is 0. The number of amides is 1. The Morgan fingerprint density at radius 3 is 2.50 bits per heavy atom. The Morgan fingerprint density at radius 1 is 1.12 bits per heavy atom. The zero-order valence-corrected chi connectivity index (χ0v) is 15.1. The number of hydrogen-bond acceptors (Lipinski definition) is 5. The van der Waals surface area contributed by atoms with Gasteiger partial charge in [0.05, 0.1) is 12.7 Å². The minimum absolute atomic E-state index is 0.100. The van der Waals surface area contributed by atoms with E-state index in [1.54, 1.807) is 12.1 Å². The maximum Gasteiger partial charge on any atom is 0.339 e. The second-order valence-electron chi connectivity index (χ2n) is 6.48. The number of piperazine rings is 1. The van der Waals surface area contributed by atoms with Gasteiger partial charge in [0.1, 0.15) is 5.69 Å². The number of aryl methyl sites for hydroxylation is 1. The van der Waals surface area contributed by atoms with Crippen molar-refractivity contribution in [3.8, 4) is 0 Å². The van der Waals surface area contributed by atoms with Gasteiger partial charge in [-0.2, -0.15) is 0 Å². The minimum atomic E-state index is -0.457.